The van der Waals surface area contributed by atoms with Crippen LogP contribution in [0.15, 0.2) is 18.3 Å². The maximum atomic E-state index is 13.7. The van der Waals surface area contributed by atoms with Crippen molar-refractivity contribution in [1.82, 2.24) is 10.3 Å². The molecule has 0 spiro atoms. The standard InChI is InChI=1S/C13H19FN2/c1-2-8-15-12(10-5-3-6-10)13-11(14)7-4-9-16-13/h4,7,9-10,12,15H,2-3,5-6,8H2,1H3. The van der Waals surface area contributed by atoms with Crippen molar-refractivity contribution in [3.8, 4) is 0 Å². The fourth-order valence-corrected chi connectivity index (χ4v) is 2.19. The summed E-state index contributed by atoms with van der Waals surface area (Å²) in [5, 5.41) is 3.43. The number of hydrogen-bond donors (Lipinski definition) is 1. The number of aromatic nitrogens is 1. The molecule has 16 heavy (non-hydrogen) atoms. The van der Waals surface area contributed by atoms with Crippen LogP contribution in [0.2, 0.25) is 0 Å². The van der Waals surface area contributed by atoms with Gasteiger partial charge in [0.25, 0.3) is 0 Å². The highest BCUT2D eigenvalue weighted by Gasteiger charge is 2.30. The lowest BCUT2D eigenvalue weighted by Gasteiger charge is -2.34. The molecule has 0 aromatic carbocycles. The first kappa shape index (κ1) is 11.5. The number of nitrogens with one attached hydrogen (secondary N) is 1. The van der Waals surface area contributed by atoms with E-state index >= 15 is 0 Å². The zero-order valence-corrected chi connectivity index (χ0v) is 9.75. The normalized spacial score (nSPS) is 18.1. The largest absolute Gasteiger partial charge is 0.308 e. The Balaban J connectivity index is 2.13. The van der Waals surface area contributed by atoms with Gasteiger partial charge in [0.2, 0.25) is 0 Å². The van der Waals surface area contributed by atoms with Gasteiger partial charge in [-0.05, 0) is 43.9 Å². The first-order valence-electron chi connectivity index (χ1n) is 6.16. The van der Waals surface area contributed by atoms with E-state index in [9.17, 15) is 4.39 Å². The fourth-order valence-electron chi connectivity index (χ4n) is 2.19. The van der Waals surface area contributed by atoms with Crippen molar-refractivity contribution in [3.63, 3.8) is 0 Å². The summed E-state index contributed by atoms with van der Waals surface area (Å²) in [5.41, 5.74) is 0.598. The second-order valence-electron chi connectivity index (χ2n) is 4.49. The van der Waals surface area contributed by atoms with Crippen LogP contribution in [0.3, 0.4) is 0 Å². The molecule has 1 atom stereocenters. The van der Waals surface area contributed by atoms with Gasteiger partial charge in [0, 0.05) is 6.20 Å². The Labute approximate surface area is 96.3 Å². The molecule has 3 heteroatoms. The van der Waals surface area contributed by atoms with Crippen molar-refractivity contribution < 1.29 is 4.39 Å². The molecule has 0 aliphatic heterocycles. The van der Waals surface area contributed by atoms with Gasteiger partial charge in [0.15, 0.2) is 0 Å². The Morgan fingerprint density at radius 1 is 1.56 bits per heavy atom. The van der Waals surface area contributed by atoms with Crippen LogP contribution in [0.25, 0.3) is 0 Å². The maximum absolute atomic E-state index is 13.7. The van der Waals surface area contributed by atoms with Gasteiger partial charge in [-0.2, -0.15) is 0 Å². The Kier molecular flexibility index (Phi) is 3.88. The lowest BCUT2D eigenvalue weighted by molar-refractivity contribution is 0.223. The first-order valence-corrected chi connectivity index (χ1v) is 6.16. The number of rotatable bonds is 5. The summed E-state index contributed by atoms with van der Waals surface area (Å²) in [6.07, 6.45) is 6.40. The minimum absolute atomic E-state index is 0.106. The Bertz CT molecular complexity index is 336. The van der Waals surface area contributed by atoms with Crippen molar-refractivity contribution in [2.24, 2.45) is 5.92 Å². The maximum Gasteiger partial charge on any atom is 0.146 e. The molecule has 88 valence electrons. The van der Waals surface area contributed by atoms with Gasteiger partial charge in [-0.25, -0.2) is 4.39 Å². The third-order valence-electron chi connectivity index (χ3n) is 3.32. The van der Waals surface area contributed by atoms with Crippen molar-refractivity contribution in [2.75, 3.05) is 6.54 Å². The molecule has 1 aromatic heterocycles. The minimum atomic E-state index is -0.178. The summed E-state index contributed by atoms with van der Waals surface area (Å²) < 4.78 is 13.7. The number of halogens is 1. The van der Waals surface area contributed by atoms with E-state index in [4.69, 9.17) is 0 Å². The van der Waals surface area contributed by atoms with E-state index in [1.807, 2.05) is 0 Å². The van der Waals surface area contributed by atoms with E-state index in [2.05, 4.69) is 17.2 Å². The minimum Gasteiger partial charge on any atom is -0.308 e. The molecule has 1 heterocycles. The van der Waals surface area contributed by atoms with Gasteiger partial charge in [0.1, 0.15) is 5.82 Å². The van der Waals surface area contributed by atoms with Gasteiger partial charge in [-0.15, -0.1) is 0 Å². The Hall–Kier alpha value is -0.960. The van der Waals surface area contributed by atoms with Crippen LogP contribution in [-0.2, 0) is 0 Å². The van der Waals surface area contributed by atoms with E-state index in [1.54, 1.807) is 12.3 Å². The quantitative estimate of drug-likeness (QED) is 0.828. The van der Waals surface area contributed by atoms with Crippen LogP contribution in [-0.4, -0.2) is 11.5 Å². The predicted octanol–water partition coefficient (Wildman–Crippen LogP) is 3.06. The first-order chi connectivity index (χ1) is 7.83. The molecule has 1 aliphatic rings. The smallest absolute Gasteiger partial charge is 0.146 e. The van der Waals surface area contributed by atoms with Gasteiger partial charge < -0.3 is 5.32 Å². The molecule has 1 aromatic rings. The van der Waals surface area contributed by atoms with Crippen LogP contribution >= 0.6 is 0 Å². The molecule has 1 saturated carbocycles. The summed E-state index contributed by atoms with van der Waals surface area (Å²) in [4.78, 5) is 4.20. The molecule has 1 unspecified atom stereocenters. The molecule has 0 amide bonds. The third-order valence-corrected chi connectivity index (χ3v) is 3.32. The summed E-state index contributed by atoms with van der Waals surface area (Å²) in [6.45, 7) is 3.05. The summed E-state index contributed by atoms with van der Waals surface area (Å²) in [7, 11) is 0. The SMILES string of the molecule is CCCNC(c1ncccc1F)C1CCC1. The lowest BCUT2D eigenvalue weighted by Crippen LogP contribution is -2.34. The number of nitrogens with zero attached hydrogens (tertiary/aromatic N) is 1. The second-order valence-corrected chi connectivity index (χ2v) is 4.49. The zero-order valence-electron chi connectivity index (χ0n) is 9.75. The summed E-state index contributed by atoms with van der Waals surface area (Å²) >= 11 is 0. The average molecular weight is 222 g/mol. The fraction of sp³-hybridized carbons (Fsp3) is 0.615. The molecule has 2 rings (SSSR count). The summed E-state index contributed by atoms with van der Waals surface area (Å²) in [5.74, 6) is 0.388. The van der Waals surface area contributed by atoms with Crippen molar-refractivity contribution >= 4 is 0 Å². The van der Waals surface area contributed by atoms with E-state index < -0.39 is 0 Å². The highest BCUT2D eigenvalue weighted by Crippen LogP contribution is 2.37. The summed E-state index contributed by atoms with van der Waals surface area (Å²) in [6, 6.07) is 3.26. The van der Waals surface area contributed by atoms with E-state index in [0.717, 1.165) is 13.0 Å². The molecule has 2 nitrogen and oxygen atoms in total. The molecule has 0 radical (unpaired) electrons. The highest BCUT2D eigenvalue weighted by molar-refractivity contribution is 5.13. The van der Waals surface area contributed by atoms with Gasteiger partial charge in [-0.3, -0.25) is 4.98 Å². The molecule has 1 aliphatic carbocycles. The topological polar surface area (TPSA) is 24.9 Å². The zero-order chi connectivity index (χ0) is 11.4. The van der Waals surface area contributed by atoms with Crippen LogP contribution in [0, 0.1) is 11.7 Å². The highest BCUT2D eigenvalue weighted by atomic mass is 19.1. The Morgan fingerprint density at radius 3 is 2.94 bits per heavy atom. The third kappa shape index (κ3) is 2.40. The Morgan fingerprint density at radius 2 is 2.38 bits per heavy atom. The monoisotopic (exact) mass is 222 g/mol. The van der Waals surface area contributed by atoms with Gasteiger partial charge in [0.05, 0.1) is 11.7 Å². The van der Waals surface area contributed by atoms with Crippen LogP contribution < -0.4 is 5.32 Å². The van der Waals surface area contributed by atoms with E-state index in [0.29, 0.717) is 11.6 Å². The lowest BCUT2D eigenvalue weighted by atomic mass is 9.78. The van der Waals surface area contributed by atoms with Gasteiger partial charge in [-0.1, -0.05) is 13.3 Å². The number of hydrogen-bond acceptors (Lipinski definition) is 2. The predicted molar refractivity (Wildman–Crippen MR) is 62.6 cm³/mol. The van der Waals surface area contributed by atoms with Crippen LogP contribution in [0.4, 0.5) is 4.39 Å². The average Bonchev–Trinajstić information content (AvgIpc) is 2.22. The molecular formula is C13H19FN2. The van der Waals surface area contributed by atoms with Crippen LogP contribution in [0.5, 0.6) is 0 Å². The van der Waals surface area contributed by atoms with E-state index in [-0.39, 0.29) is 11.9 Å². The van der Waals surface area contributed by atoms with Crippen molar-refractivity contribution in [3.05, 3.63) is 29.8 Å². The molecule has 0 saturated heterocycles. The van der Waals surface area contributed by atoms with Gasteiger partial charge >= 0.3 is 0 Å². The van der Waals surface area contributed by atoms with Crippen LogP contribution in [0.1, 0.15) is 44.3 Å². The molecule has 1 fully saturated rings. The van der Waals surface area contributed by atoms with Crippen molar-refractivity contribution in [2.45, 2.75) is 38.6 Å². The second kappa shape index (κ2) is 5.39. The molecule has 0 bridgehead atoms. The van der Waals surface area contributed by atoms with Crippen molar-refractivity contribution in [1.29, 1.82) is 0 Å². The van der Waals surface area contributed by atoms with E-state index in [1.165, 1.54) is 25.3 Å². The number of pyridine rings is 1. The molecule has 1 N–H and O–H groups in total. The molecular weight excluding hydrogens is 203 g/mol.